The Morgan fingerprint density at radius 2 is 1.82 bits per heavy atom. The van der Waals surface area contributed by atoms with E-state index in [0.29, 0.717) is 17.9 Å². The van der Waals surface area contributed by atoms with E-state index in [1.165, 1.54) is 13.2 Å². The van der Waals surface area contributed by atoms with Gasteiger partial charge in [-0.1, -0.05) is 17.3 Å². The molecule has 204 valence electrons. The van der Waals surface area contributed by atoms with Crippen LogP contribution < -0.4 is 4.74 Å². The number of carbonyl (C=O) groups is 3. The van der Waals surface area contributed by atoms with E-state index in [1.54, 1.807) is 48.5 Å². The van der Waals surface area contributed by atoms with Crippen molar-refractivity contribution in [2.45, 2.75) is 44.7 Å². The maximum Gasteiger partial charge on any atom is 0.228 e. The van der Waals surface area contributed by atoms with Crippen LogP contribution in [0.4, 0.5) is 0 Å². The van der Waals surface area contributed by atoms with E-state index >= 15 is 0 Å². The number of rotatable bonds is 5. The smallest absolute Gasteiger partial charge is 0.228 e. The Morgan fingerprint density at radius 1 is 1.10 bits per heavy atom. The first-order chi connectivity index (χ1) is 19.2. The fourth-order valence-electron chi connectivity index (χ4n) is 6.38. The number of phenols is 2. The molecule has 6 rings (SSSR count). The zero-order valence-corrected chi connectivity index (χ0v) is 22.2. The third-order valence-electron chi connectivity index (χ3n) is 8.14. The molecule has 2 N–H and O–H groups in total. The summed E-state index contributed by atoms with van der Waals surface area (Å²) in [4.78, 5) is 52.3. The van der Waals surface area contributed by atoms with Crippen LogP contribution in [0.5, 0.6) is 17.2 Å². The molecule has 2 bridgehead atoms. The number of hydrogen-bond donors (Lipinski definition) is 2. The number of fused-ring (bicyclic) bond motifs is 6. The fourth-order valence-corrected chi connectivity index (χ4v) is 6.38. The third kappa shape index (κ3) is 3.45. The molecule has 1 amide bonds. The molecule has 10 heteroatoms. The number of benzene rings is 2. The third-order valence-corrected chi connectivity index (χ3v) is 8.14. The summed E-state index contributed by atoms with van der Waals surface area (Å²) in [5.74, 6) is -2.06. The molecule has 3 aliphatic rings. The maximum atomic E-state index is 13.8. The summed E-state index contributed by atoms with van der Waals surface area (Å²) in [6, 6.07) is 7.40. The van der Waals surface area contributed by atoms with Crippen LogP contribution in [-0.2, 0) is 22.5 Å². The lowest BCUT2D eigenvalue weighted by atomic mass is 9.76. The molecule has 2 unspecified atom stereocenters. The van der Waals surface area contributed by atoms with Crippen LogP contribution in [0.25, 0.3) is 0 Å². The molecule has 10 nitrogen and oxygen atoms in total. The number of carbonyl (C=O) groups excluding carboxylic acids is 3. The fraction of sp³-hybridized carbons (Fsp3) is 0.300. The van der Waals surface area contributed by atoms with Crippen LogP contribution in [0, 0.1) is 0 Å². The quantitative estimate of drug-likeness (QED) is 0.289. The molecule has 40 heavy (non-hydrogen) atoms. The number of ether oxygens (including phenoxy) is 1. The Kier molecular flexibility index (Phi) is 5.86. The first-order valence-corrected chi connectivity index (χ1v) is 13.0. The van der Waals surface area contributed by atoms with E-state index in [2.05, 4.69) is 10.1 Å². The van der Waals surface area contributed by atoms with Gasteiger partial charge in [0.05, 0.1) is 47.5 Å². The monoisotopic (exact) mass is 541 g/mol. The van der Waals surface area contributed by atoms with Crippen LogP contribution in [0.3, 0.4) is 0 Å². The van der Waals surface area contributed by atoms with Crippen molar-refractivity contribution in [3.8, 4) is 17.2 Å². The Bertz CT molecular complexity index is 1630. The second kappa shape index (κ2) is 9.18. The Labute approximate surface area is 229 Å². The number of ketones is 2. The highest BCUT2D eigenvalue weighted by Crippen LogP contribution is 2.56. The van der Waals surface area contributed by atoms with Gasteiger partial charge in [-0.15, -0.1) is 0 Å². The number of amides is 1. The largest absolute Gasteiger partial charge is 0.507 e. The number of nitrogens with zero attached hydrogens (tertiary/aromatic N) is 3. The molecule has 1 saturated heterocycles. The van der Waals surface area contributed by atoms with Gasteiger partial charge in [0, 0.05) is 41.9 Å². The van der Waals surface area contributed by atoms with Gasteiger partial charge in [0.2, 0.25) is 11.7 Å². The van der Waals surface area contributed by atoms with Crippen LogP contribution in [0.1, 0.15) is 74.8 Å². The van der Waals surface area contributed by atoms with Crippen molar-refractivity contribution in [3.63, 3.8) is 0 Å². The number of oxime groups is 1. The number of pyridine rings is 1. The van der Waals surface area contributed by atoms with E-state index in [1.807, 2.05) is 6.92 Å². The Balaban J connectivity index is 1.55. The summed E-state index contributed by atoms with van der Waals surface area (Å²) < 4.78 is 5.34. The standard InChI is InChI=1S/C30H27N3O7/c1-4-40-32-20-13-18-22-17(14-30(20,2)33(18)21(34)12-15-8-10-31-11-9-15)27(36)24-25(28(22)37)29(38)23-16(26(24)35)6-5-7-19(23)39-3/h5-11,18,36-37H,4,12-14H2,1-3H3. The molecule has 3 heterocycles. The molecule has 1 aliphatic carbocycles. The Morgan fingerprint density at radius 3 is 2.52 bits per heavy atom. The van der Waals surface area contributed by atoms with Crippen LogP contribution in [-0.4, -0.2) is 62.5 Å². The number of phenolic OH excluding ortho intramolecular Hbond substituents is 2. The molecule has 0 radical (unpaired) electrons. The molecule has 2 aromatic carbocycles. The average molecular weight is 542 g/mol. The van der Waals surface area contributed by atoms with E-state index in [9.17, 15) is 24.6 Å². The number of aromatic hydroxyl groups is 2. The second-order valence-corrected chi connectivity index (χ2v) is 10.3. The minimum absolute atomic E-state index is 0.0217. The zero-order valence-electron chi connectivity index (χ0n) is 22.2. The molecule has 2 aliphatic heterocycles. The molecule has 0 spiro atoms. The van der Waals surface area contributed by atoms with Crippen molar-refractivity contribution in [1.82, 2.24) is 9.88 Å². The molecule has 0 saturated carbocycles. The van der Waals surface area contributed by atoms with Gasteiger partial charge in [-0.3, -0.25) is 19.4 Å². The van der Waals surface area contributed by atoms with E-state index in [4.69, 9.17) is 9.57 Å². The minimum atomic E-state index is -1.00. The highest BCUT2D eigenvalue weighted by atomic mass is 16.6. The van der Waals surface area contributed by atoms with Crippen LogP contribution >= 0.6 is 0 Å². The highest BCUT2D eigenvalue weighted by Gasteiger charge is 2.57. The van der Waals surface area contributed by atoms with Crippen molar-refractivity contribution >= 4 is 23.2 Å². The van der Waals surface area contributed by atoms with Gasteiger partial charge in [0.1, 0.15) is 23.9 Å². The topological polar surface area (TPSA) is 139 Å². The van der Waals surface area contributed by atoms with Crippen molar-refractivity contribution in [1.29, 1.82) is 0 Å². The summed E-state index contributed by atoms with van der Waals surface area (Å²) in [5.41, 5.74) is 0.444. The van der Waals surface area contributed by atoms with Crippen LogP contribution in [0.2, 0.25) is 0 Å². The first-order valence-electron chi connectivity index (χ1n) is 13.0. The number of aromatic nitrogens is 1. The van der Waals surface area contributed by atoms with Gasteiger partial charge in [0.25, 0.3) is 0 Å². The van der Waals surface area contributed by atoms with Crippen molar-refractivity contribution in [2.24, 2.45) is 5.16 Å². The highest BCUT2D eigenvalue weighted by molar-refractivity contribution is 6.31. The van der Waals surface area contributed by atoms with Gasteiger partial charge < -0.3 is 24.7 Å². The molecular formula is C30H27N3O7. The predicted molar refractivity (Wildman–Crippen MR) is 143 cm³/mol. The van der Waals surface area contributed by atoms with E-state index in [-0.39, 0.29) is 64.5 Å². The van der Waals surface area contributed by atoms with E-state index in [0.717, 1.165) is 5.56 Å². The van der Waals surface area contributed by atoms with Crippen molar-refractivity contribution in [2.75, 3.05) is 13.7 Å². The lowest BCUT2D eigenvalue weighted by Gasteiger charge is -2.44. The summed E-state index contributed by atoms with van der Waals surface area (Å²) in [6.07, 6.45) is 3.57. The summed E-state index contributed by atoms with van der Waals surface area (Å²) in [5, 5.41) is 27.6. The molecule has 3 aromatic rings. The van der Waals surface area contributed by atoms with Gasteiger partial charge >= 0.3 is 0 Å². The van der Waals surface area contributed by atoms with Gasteiger partial charge in [0.15, 0.2) is 5.78 Å². The van der Waals surface area contributed by atoms with Crippen LogP contribution in [0.15, 0.2) is 47.9 Å². The zero-order chi connectivity index (χ0) is 28.3. The molecule has 2 atom stereocenters. The Hall–Kier alpha value is -4.73. The van der Waals surface area contributed by atoms with Gasteiger partial charge in [-0.2, -0.15) is 0 Å². The number of hydrogen-bond acceptors (Lipinski definition) is 9. The summed E-state index contributed by atoms with van der Waals surface area (Å²) in [6.45, 7) is 3.95. The molecule has 1 aromatic heterocycles. The maximum absolute atomic E-state index is 13.8. The minimum Gasteiger partial charge on any atom is -0.507 e. The van der Waals surface area contributed by atoms with Gasteiger partial charge in [-0.25, -0.2) is 0 Å². The van der Waals surface area contributed by atoms with Crippen molar-refractivity contribution in [3.05, 3.63) is 81.7 Å². The van der Waals surface area contributed by atoms with Crippen molar-refractivity contribution < 1.29 is 34.2 Å². The lowest BCUT2D eigenvalue weighted by molar-refractivity contribution is -0.136. The molecule has 1 fully saturated rings. The lowest BCUT2D eigenvalue weighted by Crippen LogP contribution is -2.54. The summed E-state index contributed by atoms with van der Waals surface area (Å²) >= 11 is 0. The molecular weight excluding hydrogens is 514 g/mol. The first kappa shape index (κ1) is 25.5. The normalized spacial score (nSPS) is 21.6. The predicted octanol–water partition coefficient (Wildman–Crippen LogP) is 3.50. The summed E-state index contributed by atoms with van der Waals surface area (Å²) in [7, 11) is 1.39. The average Bonchev–Trinajstić information content (AvgIpc) is 3.15. The van der Waals surface area contributed by atoms with Gasteiger partial charge in [-0.05, 0) is 37.6 Å². The SMILES string of the molecule is CCON=C1CC2c3c(O)c4c(c(O)c3CC1(C)N2C(=O)Cc1ccncc1)C(=O)c1cccc(OC)c1C4=O. The second-order valence-electron chi connectivity index (χ2n) is 10.3. The number of methoxy groups -OCH3 is 1. The van der Waals surface area contributed by atoms with E-state index < -0.39 is 28.9 Å².